The predicted molar refractivity (Wildman–Crippen MR) is 79.8 cm³/mol. The van der Waals surface area contributed by atoms with Gasteiger partial charge in [0.2, 0.25) is 0 Å². The molecule has 0 spiro atoms. The molecule has 3 nitrogen and oxygen atoms in total. The summed E-state index contributed by atoms with van der Waals surface area (Å²) >= 11 is 2.21. The summed E-state index contributed by atoms with van der Waals surface area (Å²) in [5.41, 5.74) is 7.04. The van der Waals surface area contributed by atoms with Gasteiger partial charge in [0.1, 0.15) is 11.6 Å². The van der Waals surface area contributed by atoms with E-state index in [2.05, 4.69) is 27.9 Å². The van der Waals surface area contributed by atoms with Crippen LogP contribution in [-0.4, -0.2) is 7.11 Å². The fourth-order valence-corrected chi connectivity index (χ4v) is 1.89. The minimum Gasteiger partial charge on any atom is -0.495 e. The third kappa shape index (κ3) is 2.84. The number of hydrogen-bond donors (Lipinski definition) is 2. The number of halogens is 2. The van der Waals surface area contributed by atoms with Crippen LogP contribution in [-0.2, 0) is 0 Å². The molecule has 3 N–H and O–H groups in total. The molecular weight excluding hydrogens is 346 g/mol. The lowest BCUT2D eigenvalue weighted by Gasteiger charge is -2.11. The number of anilines is 3. The third-order valence-corrected chi connectivity index (χ3v) is 3.16. The van der Waals surface area contributed by atoms with Crippen molar-refractivity contribution < 1.29 is 9.13 Å². The van der Waals surface area contributed by atoms with Crippen molar-refractivity contribution >= 4 is 39.7 Å². The molecule has 5 heteroatoms. The number of rotatable bonds is 3. The average Bonchev–Trinajstić information content (AvgIpc) is 2.35. The van der Waals surface area contributed by atoms with Crippen LogP contribution in [0.3, 0.4) is 0 Å². The molecule has 0 saturated carbocycles. The summed E-state index contributed by atoms with van der Waals surface area (Å²) in [6, 6.07) is 10.4. The fourth-order valence-electron chi connectivity index (χ4n) is 1.53. The molecule has 0 fully saturated rings. The van der Waals surface area contributed by atoms with Crippen molar-refractivity contribution in [2.45, 2.75) is 0 Å². The smallest absolute Gasteiger partial charge is 0.148 e. The Morgan fingerprint density at radius 1 is 1.22 bits per heavy atom. The number of nitrogen functional groups attached to an aromatic ring is 1. The summed E-state index contributed by atoms with van der Waals surface area (Å²) in [6.45, 7) is 0. The van der Waals surface area contributed by atoms with Gasteiger partial charge in [0.25, 0.3) is 0 Å². The predicted octanol–water partition coefficient (Wildman–Crippen LogP) is 3.76. The van der Waals surface area contributed by atoms with Crippen LogP contribution in [0.5, 0.6) is 5.75 Å². The molecule has 0 heterocycles. The highest BCUT2D eigenvalue weighted by atomic mass is 127. The van der Waals surface area contributed by atoms with Crippen molar-refractivity contribution in [1.29, 1.82) is 0 Å². The van der Waals surface area contributed by atoms with E-state index in [4.69, 9.17) is 10.5 Å². The number of benzene rings is 2. The molecule has 0 unspecified atom stereocenters. The van der Waals surface area contributed by atoms with E-state index in [0.717, 1.165) is 9.26 Å². The number of methoxy groups -OCH3 is 1. The summed E-state index contributed by atoms with van der Waals surface area (Å²) in [7, 11) is 1.50. The average molecular weight is 358 g/mol. The minimum absolute atomic E-state index is 0.281. The highest BCUT2D eigenvalue weighted by molar-refractivity contribution is 14.1. The zero-order valence-electron chi connectivity index (χ0n) is 9.71. The molecule has 0 saturated heterocycles. The van der Waals surface area contributed by atoms with Crippen molar-refractivity contribution in [2.75, 3.05) is 18.2 Å². The Labute approximate surface area is 118 Å². The van der Waals surface area contributed by atoms with E-state index in [1.807, 2.05) is 24.3 Å². The molecule has 2 aromatic rings. The molecule has 0 bridgehead atoms. The van der Waals surface area contributed by atoms with Gasteiger partial charge in [0.15, 0.2) is 0 Å². The van der Waals surface area contributed by atoms with Crippen molar-refractivity contribution in [3.8, 4) is 5.75 Å². The summed E-state index contributed by atoms with van der Waals surface area (Å²) in [4.78, 5) is 0. The van der Waals surface area contributed by atoms with Crippen LogP contribution in [0, 0.1) is 9.39 Å². The molecule has 2 rings (SSSR count). The Hall–Kier alpha value is -1.50. The van der Waals surface area contributed by atoms with E-state index >= 15 is 0 Å². The molecule has 94 valence electrons. The number of hydrogen-bond acceptors (Lipinski definition) is 3. The maximum Gasteiger partial charge on any atom is 0.148 e. The Kier molecular flexibility index (Phi) is 3.90. The first kappa shape index (κ1) is 12.9. The standard InChI is InChI=1S/C13H12FIN2O/c1-18-13-7-12(10(14)6-11(13)16)17-9-4-2-8(15)3-5-9/h2-7,17H,16H2,1H3. The molecule has 0 aliphatic rings. The van der Waals surface area contributed by atoms with E-state index in [-0.39, 0.29) is 5.69 Å². The summed E-state index contributed by atoms with van der Waals surface area (Å²) in [5.74, 6) is 0.0382. The first-order valence-electron chi connectivity index (χ1n) is 5.26. The van der Waals surface area contributed by atoms with Gasteiger partial charge in [0.05, 0.1) is 18.5 Å². The van der Waals surface area contributed by atoms with Gasteiger partial charge in [-0.3, -0.25) is 0 Å². The van der Waals surface area contributed by atoms with Gasteiger partial charge < -0.3 is 15.8 Å². The Morgan fingerprint density at radius 3 is 2.50 bits per heavy atom. The van der Waals surface area contributed by atoms with Crippen LogP contribution in [0.4, 0.5) is 21.5 Å². The fraction of sp³-hybridized carbons (Fsp3) is 0.0769. The number of nitrogens with one attached hydrogen (secondary N) is 1. The van der Waals surface area contributed by atoms with Gasteiger partial charge in [-0.15, -0.1) is 0 Å². The second-order valence-corrected chi connectivity index (χ2v) is 4.95. The van der Waals surface area contributed by atoms with Crippen LogP contribution in [0.15, 0.2) is 36.4 Å². The van der Waals surface area contributed by atoms with Gasteiger partial charge in [-0.25, -0.2) is 4.39 Å². The van der Waals surface area contributed by atoms with Gasteiger partial charge in [-0.2, -0.15) is 0 Å². The van der Waals surface area contributed by atoms with Gasteiger partial charge >= 0.3 is 0 Å². The van der Waals surface area contributed by atoms with E-state index in [9.17, 15) is 4.39 Å². The SMILES string of the molecule is COc1cc(Nc2ccc(I)cc2)c(F)cc1N. The minimum atomic E-state index is -0.410. The largest absolute Gasteiger partial charge is 0.495 e. The molecule has 0 atom stereocenters. The monoisotopic (exact) mass is 358 g/mol. The van der Waals surface area contributed by atoms with E-state index in [1.165, 1.54) is 13.2 Å². The zero-order chi connectivity index (χ0) is 13.1. The van der Waals surface area contributed by atoms with E-state index in [1.54, 1.807) is 6.07 Å². The lowest BCUT2D eigenvalue weighted by molar-refractivity contribution is 0.416. The van der Waals surface area contributed by atoms with E-state index < -0.39 is 5.82 Å². The second kappa shape index (κ2) is 5.43. The highest BCUT2D eigenvalue weighted by Crippen LogP contribution is 2.30. The van der Waals surface area contributed by atoms with Crippen LogP contribution >= 0.6 is 22.6 Å². The topological polar surface area (TPSA) is 47.3 Å². The summed E-state index contributed by atoms with van der Waals surface area (Å²) in [6.07, 6.45) is 0. The zero-order valence-corrected chi connectivity index (χ0v) is 11.9. The molecular formula is C13H12FIN2O. The van der Waals surface area contributed by atoms with Crippen molar-refractivity contribution in [3.63, 3.8) is 0 Å². The number of ether oxygens (including phenoxy) is 1. The molecule has 2 aromatic carbocycles. The Morgan fingerprint density at radius 2 is 1.89 bits per heavy atom. The van der Waals surface area contributed by atoms with Gasteiger partial charge in [-0.1, -0.05) is 0 Å². The molecule has 0 aliphatic heterocycles. The Balaban J connectivity index is 2.31. The van der Waals surface area contributed by atoms with Crippen LogP contribution in [0.1, 0.15) is 0 Å². The second-order valence-electron chi connectivity index (χ2n) is 3.71. The van der Waals surface area contributed by atoms with Crippen LogP contribution < -0.4 is 15.8 Å². The quantitative estimate of drug-likeness (QED) is 0.649. The Bertz CT molecular complexity index is 558. The van der Waals surface area contributed by atoms with Crippen molar-refractivity contribution in [3.05, 3.63) is 45.8 Å². The molecule has 0 aromatic heterocycles. The van der Waals surface area contributed by atoms with E-state index in [0.29, 0.717) is 11.4 Å². The maximum atomic E-state index is 13.7. The normalized spacial score (nSPS) is 10.2. The van der Waals surface area contributed by atoms with Gasteiger partial charge in [0, 0.05) is 21.4 Å². The summed E-state index contributed by atoms with van der Waals surface area (Å²) < 4.78 is 19.9. The lowest BCUT2D eigenvalue weighted by atomic mass is 10.2. The molecule has 18 heavy (non-hydrogen) atoms. The lowest BCUT2D eigenvalue weighted by Crippen LogP contribution is -1.98. The first-order valence-corrected chi connectivity index (χ1v) is 6.33. The van der Waals surface area contributed by atoms with Crippen molar-refractivity contribution in [1.82, 2.24) is 0 Å². The first-order chi connectivity index (χ1) is 8.60. The third-order valence-electron chi connectivity index (χ3n) is 2.44. The van der Waals surface area contributed by atoms with Crippen LogP contribution in [0.2, 0.25) is 0 Å². The van der Waals surface area contributed by atoms with Crippen molar-refractivity contribution in [2.24, 2.45) is 0 Å². The highest BCUT2D eigenvalue weighted by Gasteiger charge is 2.08. The summed E-state index contributed by atoms with van der Waals surface area (Å²) in [5, 5.41) is 2.99. The maximum absolute atomic E-state index is 13.7. The molecule has 0 amide bonds. The van der Waals surface area contributed by atoms with Crippen LogP contribution in [0.25, 0.3) is 0 Å². The number of nitrogens with two attached hydrogens (primary N) is 1. The molecule has 0 radical (unpaired) electrons. The molecule has 0 aliphatic carbocycles. The van der Waals surface area contributed by atoms with Gasteiger partial charge in [-0.05, 0) is 46.9 Å².